The van der Waals surface area contributed by atoms with Crippen molar-refractivity contribution in [3.63, 3.8) is 0 Å². The van der Waals surface area contributed by atoms with Crippen molar-refractivity contribution in [3.8, 4) is 0 Å². The first-order valence-electron chi connectivity index (χ1n) is 11.0. The van der Waals surface area contributed by atoms with E-state index < -0.39 is 12.1 Å². The van der Waals surface area contributed by atoms with Gasteiger partial charge in [-0.05, 0) is 49.8 Å². The fourth-order valence-corrected chi connectivity index (χ4v) is 5.32. The van der Waals surface area contributed by atoms with Crippen LogP contribution in [0.4, 0.5) is 0 Å². The van der Waals surface area contributed by atoms with Crippen LogP contribution in [0.15, 0.2) is 41.9 Å². The number of benzene rings is 1. The number of aryl methyl sites for hydroxylation is 3. The molecule has 2 amide bonds. The highest BCUT2D eigenvalue weighted by atomic mass is 32.1. The number of hydrogen-bond donors (Lipinski definition) is 2. The molecule has 32 heavy (non-hydrogen) atoms. The van der Waals surface area contributed by atoms with E-state index in [9.17, 15) is 14.7 Å². The van der Waals surface area contributed by atoms with E-state index in [4.69, 9.17) is 0 Å². The number of amides is 2. The van der Waals surface area contributed by atoms with Crippen LogP contribution in [0.1, 0.15) is 44.9 Å². The van der Waals surface area contributed by atoms with E-state index in [1.165, 1.54) is 15.4 Å². The number of thiazole rings is 1. The molecule has 0 bridgehead atoms. The van der Waals surface area contributed by atoms with Gasteiger partial charge in [-0.15, -0.1) is 11.3 Å². The van der Waals surface area contributed by atoms with Gasteiger partial charge in [-0.3, -0.25) is 9.59 Å². The summed E-state index contributed by atoms with van der Waals surface area (Å²) >= 11 is 1.63. The third kappa shape index (κ3) is 4.54. The van der Waals surface area contributed by atoms with Gasteiger partial charge in [0.05, 0.1) is 22.2 Å². The second-order valence-electron chi connectivity index (χ2n) is 8.66. The number of likely N-dealkylation sites (tertiary alicyclic amines) is 1. The lowest BCUT2D eigenvalue weighted by molar-refractivity contribution is -0.125. The van der Waals surface area contributed by atoms with Crippen LogP contribution in [0.5, 0.6) is 0 Å². The Kier molecular flexibility index (Phi) is 6.58. The highest BCUT2D eigenvalue weighted by Crippen LogP contribution is 2.29. The zero-order valence-electron chi connectivity index (χ0n) is 18.7. The van der Waals surface area contributed by atoms with E-state index in [2.05, 4.69) is 28.5 Å². The molecule has 0 spiro atoms. The van der Waals surface area contributed by atoms with Gasteiger partial charge in [-0.1, -0.05) is 36.4 Å². The lowest BCUT2D eigenvalue weighted by Crippen LogP contribution is -2.47. The zero-order valence-corrected chi connectivity index (χ0v) is 19.5. The van der Waals surface area contributed by atoms with Gasteiger partial charge in [-0.25, -0.2) is 4.98 Å². The molecular formula is C25H29N3O3S. The largest absolute Gasteiger partial charge is 0.391 e. The average molecular weight is 452 g/mol. The molecule has 1 aromatic carbocycles. The van der Waals surface area contributed by atoms with E-state index in [-0.39, 0.29) is 30.7 Å². The standard InChI is InChI=1S/C25H29N3O3S/c1-15-5-4-6-16(2)22(15)25(31)28-13-20(29)11-21(28)24(30)26-12-18-7-9-19(10-8-18)23-17(3)27-14-32-23/h4-7,9-10,14,18,20-21,29H,8,11-13H2,1-3H3,(H,26,30)/t18?,20-,21+/m1/s1. The Hall–Kier alpha value is -2.77. The maximum Gasteiger partial charge on any atom is 0.255 e. The number of nitrogens with one attached hydrogen (secondary N) is 1. The van der Waals surface area contributed by atoms with Gasteiger partial charge in [0, 0.05) is 25.1 Å². The van der Waals surface area contributed by atoms with Crippen LogP contribution in [0, 0.1) is 26.7 Å². The summed E-state index contributed by atoms with van der Waals surface area (Å²) in [5, 5.41) is 13.2. The fourth-order valence-electron chi connectivity index (χ4n) is 4.50. The van der Waals surface area contributed by atoms with Crippen molar-refractivity contribution in [2.75, 3.05) is 13.1 Å². The minimum Gasteiger partial charge on any atom is -0.391 e. The second kappa shape index (κ2) is 9.38. The first-order valence-corrected chi connectivity index (χ1v) is 11.8. The third-order valence-corrected chi connectivity index (χ3v) is 7.25. The van der Waals surface area contributed by atoms with Gasteiger partial charge in [0.2, 0.25) is 5.91 Å². The van der Waals surface area contributed by atoms with Crippen molar-refractivity contribution in [1.82, 2.24) is 15.2 Å². The van der Waals surface area contributed by atoms with E-state index in [0.717, 1.165) is 23.2 Å². The molecule has 2 heterocycles. The Morgan fingerprint density at radius 2 is 2.00 bits per heavy atom. The van der Waals surface area contributed by atoms with Crippen molar-refractivity contribution in [2.24, 2.45) is 5.92 Å². The summed E-state index contributed by atoms with van der Waals surface area (Å²) in [6.45, 7) is 6.47. The average Bonchev–Trinajstić information content (AvgIpc) is 3.37. The van der Waals surface area contributed by atoms with Crippen molar-refractivity contribution in [2.45, 2.75) is 45.8 Å². The highest BCUT2D eigenvalue weighted by molar-refractivity contribution is 7.11. The quantitative estimate of drug-likeness (QED) is 0.730. The number of nitrogens with zero attached hydrogens (tertiary/aromatic N) is 2. The summed E-state index contributed by atoms with van der Waals surface area (Å²) in [7, 11) is 0. The lowest BCUT2D eigenvalue weighted by atomic mass is 9.95. The number of carbonyl (C=O) groups excluding carboxylic acids is 2. The molecule has 2 aliphatic rings. The van der Waals surface area contributed by atoms with Gasteiger partial charge in [0.15, 0.2) is 0 Å². The maximum atomic E-state index is 13.2. The lowest BCUT2D eigenvalue weighted by Gasteiger charge is -2.26. The summed E-state index contributed by atoms with van der Waals surface area (Å²) in [6.07, 6.45) is 6.81. The molecule has 2 aromatic rings. The molecule has 0 saturated carbocycles. The fraction of sp³-hybridized carbons (Fsp3) is 0.400. The Morgan fingerprint density at radius 1 is 1.25 bits per heavy atom. The molecule has 0 radical (unpaired) electrons. The monoisotopic (exact) mass is 451 g/mol. The van der Waals surface area contributed by atoms with Crippen LogP contribution in [-0.4, -0.2) is 52.0 Å². The maximum absolute atomic E-state index is 13.2. The summed E-state index contributed by atoms with van der Waals surface area (Å²) in [5.41, 5.74) is 6.43. The number of hydrogen-bond acceptors (Lipinski definition) is 5. The molecule has 1 aromatic heterocycles. The van der Waals surface area contributed by atoms with Crippen LogP contribution in [0.25, 0.3) is 5.57 Å². The molecule has 1 aliphatic heterocycles. The predicted octanol–water partition coefficient (Wildman–Crippen LogP) is 3.42. The Labute approximate surface area is 192 Å². The third-order valence-electron chi connectivity index (χ3n) is 6.27. The molecule has 1 fully saturated rings. The van der Waals surface area contributed by atoms with Crippen molar-refractivity contribution in [1.29, 1.82) is 0 Å². The number of aromatic nitrogens is 1. The SMILES string of the molecule is Cc1cccc(C)c1C(=O)N1C[C@H](O)C[C@H]1C(=O)NCC1C=CC(c2scnc2C)=CC1. The number of β-amino-alcohol motifs (C(OH)–C–C–N with tert-alkyl or cyclic N) is 1. The number of aliphatic hydroxyl groups is 1. The molecule has 168 valence electrons. The molecule has 1 unspecified atom stereocenters. The Morgan fingerprint density at radius 3 is 2.62 bits per heavy atom. The summed E-state index contributed by atoms with van der Waals surface area (Å²) in [5.74, 6) is -0.199. The molecular weight excluding hydrogens is 422 g/mol. The second-order valence-corrected chi connectivity index (χ2v) is 9.51. The van der Waals surface area contributed by atoms with Crippen LogP contribution in [0.2, 0.25) is 0 Å². The van der Waals surface area contributed by atoms with Gasteiger partial charge < -0.3 is 15.3 Å². The minimum atomic E-state index is -0.693. The summed E-state index contributed by atoms with van der Waals surface area (Å²) < 4.78 is 0. The first kappa shape index (κ1) is 22.4. The summed E-state index contributed by atoms with van der Waals surface area (Å²) in [6, 6.07) is 5.05. The van der Waals surface area contributed by atoms with Crippen molar-refractivity contribution >= 4 is 28.7 Å². The number of aliphatic hydroxyl groups excluding tert-OH is 1. The van der Waals surface area contributed by atoms with E-state index in [1.54, 1.807) is 11.3 Å². The molecule has 2 N–H and O–H groups in total. The normalized spacial score (nSPS) is 22.7. The molecule has 4 rings (SSSR count). The Bertz CT molecular complexity index is 1070. The molecule has 7 heteroatoms. The van der Waals surface area contributed by atoms with E-state index >= 15 is 0 Å². The Balaban J connectivity index is 1.38. The highest BCUT2D eigenvalue weighted by Gasteiger charge is 2.39. The topological polar surface area (TPSA) is 82.5 Å². The van der Waals surface area contributed by atoms with Crippen LogP contribution in [0.3, 0.4) is 0 Å². The van der Waals surface area contributed by atoms with Gasteiger partial charge in [0.1, 0.15) is 6.04 Å². The predicted molar refractivity (Wildman–Crippen MR) is 126 cm³/mol. The number of rotatable bonds is 5. The van der Waals surface area contributed by atoms with Crippen LogP contribution < -0.4 is 5.32 Å². The molecule has 1 aliphatic carbocycles. The molecule has 1 saturated heterocycles. The van der Waals surface area contributed by atoms with Crippen molar-refractivity contribution < 1.29 is 14.7 Å². The van der Waals surface area contributed by atoms with Gasteiger partial charge in [0.25, 0.3) is 5.91 Å². The molecule has 3 atom stereocenters. The number of carbonyl (C=O) groups is 2. The van der Waals surface area contributed by atoms with Crippen LogP contribution >= 0.6 is 11.3 Å². The van der Waals surface area contributed by atoms with Gasteiger partial charge >= 0.3 is 0 Å². The van der Waals surface area contributed by atoms with Crippen molar-refractivity contribution in [3.05, 3.63) is 69.2 Å². The summed E-state index contributed by atoms with van der Waals surface area (Å²) in [4.78, 5) is 33.2. The number of allylic oxidation sites excluding steroid dienone is 3. The van der Waals surface area contributed by atoms with Gasteiger partial charge in [-0.2, -0.15) is 0 Å². The van der Waals surface area contributed by atoms with Crippen LogP contribution in [-0.2, 0) is 4.79 Å². The molecule has 6 nitrogen and oxygen atoms in total. The van der Waals surface area contributed by atoms with E-state index in [0.29, 0.717) is 12.1 Å². The smallest absolute Gasteiger partial charge is 0.255 e. The zero-order chi connectivity index (χ0) is 22.8. The van der Waals surface area contributed by atoms with E-state index in [1.807, 2.05) is 44.5 Å². The minimum absolute atomic E-state index is 0.175. The first-order chi connectivity index (χ1) is 15.3.